The zero-order valence-corrected chi connectivity index (χ0v) is 18.5. The van der Waals surface area contributed by atoms with Gasteiger partial charge in [0.2, 0.25) is 0 Å². The number of hydrogen-bond donors (Lipinski definition) is 1. The van der Waals surface area contributed by atoms with E-state index in [4.69, 9.17) is 9.84 Å². The fraction of sp³-hybridized carbons (Fsp3) is 0.333. The Labute approximate surface area is 188 Å². The van der Waals surface area contributed by atoms with Crippen LogP contribution in [0, 0.1) is 19.8 Å². The maximum absolute atomic E-state index is 11.1. The molecule has 0 amide bonds. The molecule has 0 radical (unpaired) electrons. The number of ether oxygens (including phenoxy) is 1. The zero-order chi connectivity index (χ0) is 22.2. The zero-order valence-electron chi connectivity index (χ0n) is 18.5. The summed E-state index contributed by atoms with van der Waals surface area (Å²) < 4.78 is 6.15. The number of carboxylic acids is 1. The summed E-state index contributed by atoms with van der Waals surface area (Å²) in [6.45, 7) is 6.60. The molecule has 0 bridgehead atoms. The van der Waals surface area contributed by atoms with Crippen LogP contribution >= 0.6 is 0 Å². The van der Waals surface area contributed by atoms with E-state index >= 15 is 0 Å². The van der Waals surface area contributed by atoms with Crippen LogP contribution in [0.25, 0.3) is 11.1 Å². The summed E-state index contributed by atoms with van der Waals surface area (Å²) in [7, 11) is 0. The first kappa shape index (κ1) is 20.7. The summed E-state index contributed by atoms with van der Waals surface area (Å²) in [6, 6.07) is 15.2. The third-order valence-electron chi connectivity index (χ3n) is 6.87. The number of fused-ring (bicyclic) bond motifs is 1. The lowest BCUT2D eigenvalue weighted by molar-refractivity contribution is -0.147. The summed E-state index contributed by atoms with van der Waals surface area (Å²) >= 11 is 0. The molecule has 1 aliphatic heterocycles. The van der Waals surface area contributed by atoms with Crippen LogP contribution in [-0.2, 0) is 24.5 Å². The summed E-state index contributed by atoms with van der Waals surface area (Å²) in [5.74, 6) is 0.0588. The van der Waals surface area contributed by atoms with Crippen LogP contribution in [0.5, 0.6) is 5.75 Å². The van der Waals surface area contributed by atoms with Gasteiger partial charge in [-0.05, 0) is 89.9 Å². The standard InChI is InChI=1S/C27H28N2O3/c1-17-9-19(10-18(2)26(17)20-5-7-28-8-6-20)16-32-25-4-3-21-14-29(15-23(21)13-25)24-11-22(12-24)27(30)31/h3-10,13,22,24H,11-12,14-16H2,1-2H3,(H,30,31)/t22-,24-. The van der Waals surface area contributed by atoms with E-state index in [0.29, 0.717) is 12.6 Å². The van der Waals surface area contributed by atoms with Crippen molar-refractivity contribution >= 4 is 5.97 Å². The maximum Gasteiger partial charge on any atom is 0.306 e. The molecular formula is C27H28N2O3. The Morgan fingerprint density at radius 1 is 1.03 bits per heavy atom. The summed E-state index contributed by atoms with van der Waals surface area (Å²) in [4.78, 5) is 17.6. The second-order valence-electron chi connectivity index (χ2n) is 9.13. The van der Waals surface area contributed by atoms with Crippen LogP contribution in [0.3, 0.4) is 0 Å². The van der Waals surface area contributed by atoms with Gasteiger partial charge in [0.15, 0.2) is 0 Å². The fourth-order valence-corrected chi connectivity index (χ4v) is 5.11. The monoisotopic (exact) mass is 428 g/mol. The number of aliphatic carboxylic acids is 1. The number of aromatic nitrogens is 1. The number of benzene rings is 2. The number of carboxylic acid groups (broad SMARTS) is 1. The molecule has 1 aromatic heterocycles. The highest BCUT2D eigenvalue weighted by Gasteiger charge is 2.39. The molecular weight excluding hydrogens is 400 g/mol. The van der Waals surface area contributed by atoms with Crippen molar-refractivity contribution in [1.82, 2.24) is 9.88 Å². The normalized spacial score (nSPS) is 19.9. The van der Waals surface area contributed by atoms with Crippen LogP contribution in [0.1, 0.15) is 40.7 Å². The largest absolute Gasteiger partial charge is 0.489 e. The van der Waals surface area contributed by atoms with E-state index in [1.807, 2.05) is 30.6 Å². The second-order valence-corrected chi connectivity index (χ2v) is 9.13. The predicted molar refractivity (Wildman–Crippen MR) is 123 cm³/mol. The maximum atomic E-state index is 11.1. The Bertz CT molecular complexity index is 1130. The predicted octanol–water partition coefficient (Wildman–Crippen LogP) is 5.12. The third kappa shape index (κ3) is 4.00. The van der Waals surface area contributed by atoms with Crippen molar-refractivity contribution in [2.45, 2.75) is 52.4 Å². The van der Waals surface area contributed by atoms with Crippen LogP contribution < -0.4 is 4.74 Å². The topological polar surface area (TPSA) is 62.7 Å². The van der Waals surface area contributed by atoms with Gasteiger partial charge < -0.3 is 9.84 Å². The number of rotatable bonds is 6. The molecule has 5 rings (SSSR count). The smallest absolute Gasteiger partial charge is 0.306 e. The highest BCUT2D eigenvalue weighted by molar-refractivity contribution is 5.71. The summed E-state index contributed by atoms with van der Waals surface area (Å²) in [5, 5.41) is 9.13. The van der Waals surface area contributed by atoms with E-state index in [1.165, 1.54) is 33.4 Å². The Kier molecular flexibility index (Phi) is 5.43. The molecule has 1 saturated carbocycles. The van der Waals surface area contributed by atoms with Gasteiger partial charge in [0.05, 0.1) is 5.92 Å². The highest BCUT2D eigenvalue weighted by Crippen LogP contribution is 2.37. The Hall–Kier alpha value is -3.18. The van der Waals surface area contributed by atoms with Crippen LogP contribution in [-0.4, -0.2) is 27.0 Å². The number of aryl methyl sites for hydroxylation is 2. The van der Waals surface area contributed by atoms with E-state index in [9.17, 15) is 4.79 Å². The molecule has 32 heavy (non-hydrogen) atoms. The van der Waals surface area contributed by atoms with Crippen molar-refractivity contribution in [2.75, 3.05) is 0 Å². The lowest BCUT2D eigenvalue weighted by Gasteiger charge is -2.39. The van der Waals surface area contributed by atoms with Crippen molar-refractivity contribution in [2.24, 2.45) is 5.92 Å². The molecule has 1 aliphatic carbocycles. The van der Waals surface area contributed by atoms with Crippen LogP contribution in [0.15, 0.2) is 54.9 Å². The van der Waals surface area contributed by atoms with Gasteiger partial charge in [-0.3, -0.25) is 14.7 Å². The minimum Gasteiger partial charge on any atom is -0.489 e. The first-order valence-corrected chi connectivity index (χ1v) is 11.2. The van der Waals surface area contributed by atoms with E-state index in [1.54, 1.807) is 0 Å². The van der Waals surface area contributed by atoms with Crippen molar-refractivity contribution in [3.05, 3.63) is 82.7 Å². The lowest BCUT2D eigenvalue weighted by atomic mass is 9.79. The molecule has 1 N–H and O–H groups in total. The molecule has 0 spiro atoms. The molecule has 5 heteroatoms. The molecule has 164 valence electrons. The molecule has 2 heterocycles. The molecule has 0 atom stereocenters. The number of carbonyl (C=O) groups is 1. The molecule has 2 aliphatic rings. The van der Waals surface area contributed by atoms with Gasteiger partial charge in [-0.15, -0.1) is 0 Å². The van der Waals surface area contributed by atoms with Gasteiger partial charge in [-0.1, -0.05) is 18.2 Å². The van der Waals surface area contributed by atoms with Crippen LogP contribution in [0.2, 0.25) is 0 Å². The van der Waals surface area contributed by atoms with Gasteiger partial charge in [-0.25, -0.2) is 0 Å². The van der Waals surface area contributed by atoms with E-state index in [-0.39, 0.29) is 5.92 Å². The number of nitrogens with zero attached hydrogens (tertiary/aromatic N) is 2. The fourth-order valence-electron chi connectivity index (χ4n) is 5.11. The molecule has 2 aromatic carbocycles. The number of pyridine rings is 1. The Morgan fingerprint density at radius 3 is 2.41 bits per heavy atom. The molecule has 0 saturated heterocycles. The Morgan fingerprint density at radius 2 is 1.72 bits per heavy atom. The van der Waals surface area contributed by atoms with E-state index in [0.717, 1.165) is 37.2 Å². The van der Waals surface area contributed by atoms with Crippen LogP contribution in [0.4, 0.5) is 0 Å². The lowest BCUT2D eigenvalue weighted by Crippen LogP contribution is -2.44. The van der Waals surface area contributed by atoms with E-state index in [2.05, 4.69) is 48.0 Å². The van der Waals surface area contributed by atoms with E-state index < -0.39 is 5.97 Å². The van der Waals surface area contributed by atoms with Crippen molar-refractivity contribution in [1.29, 1.82) is 0 Å². The minimum atomic E-state index is -0.659. The quantitative estimate of drug-likeness (QED) is 0.590. The molecule has 3 aromatic rings. The molecule has 1 fully saturated rings. The Balaban J connectivity index is 1.23. The highest BCUT2D eigenvalue weighted by atomic mass is 16.5. The third-order valence-corrected chi connectivity index (χ3v) is 6.87. The van der Waals surface area contributed by atoms with Gasteiger partial charge in [0.1, 0.15) is 12.4 Å². The molecule has 0 unspecified atom stereocenters. The number of hydrogen-bond acceptors (Lipinski definition) is 4. The molecule has 5 nitrogen and oxygen atoms in total. The first-order valence-electron chi connectivity index (χ1n) is 11.2. The van der Waals surface area contributed by atoms with Crippen molar-refractivity contribution < 1.29 is 14.6 Å². The van der Waals surface area contributed by atoms with Gasteiger partial charge in [0.25, 0.3) is 0 Å². The SMILES string of the molecule is Cc1cc(COc2ccc3c(c2)CN([C@H]2C[C@H](C(=O)O)C2)C3)cc(C)c1-c1ccncc1. The first-order chi connectivity index (χ1) is 15.5. The second kappa shape index (κ2) is 8.40. The average molecular weight is 429 g/mol. The van der Waals surface area contributed by atoms with Gasteiger partial charge in [-0.2, -0.15) is 0 Å². The summed E-state index contributed by atoms with van der Waals surface area (Å²) in [5.41, 5.74) is 8.70. The van der Waals surface area contributed by atoms with Crippen molar-refractivity contribution in [3.63, 3.8) is 0 Å². The average Bonchev–Trinajstić information content (AvgIpc) is 3.14. The van der Waals surface area contributed by atoms with Gasteiger partial charge >= 0.3 is 5.97 Å². The minimum absolute atomic E-state index is 0.167. The van der Waals surface area contributed by atoms with Gasteiger partial charge in [0, 0.05) is 31.5 Å². The summed E-state index contributed by atoms with van der Waals surface area (Å²) in [6.07, 6.45) is 5.19. The van der Waals surface area contributed by atoms with Crippen molar-refractivity contribution in [3.8, 4) is 16.9 Å².